The molecule has 0 fully saturated rings. The maximum absolute atomic E-state index is 12.6. The van der Waals surface area contributed by atoms with Gasteiger partial charge in [0, 0.05) is 23.5 Å². The molecule has 0 radical (unpaired) electrons. The Kier molecular flexibility index (Phi) is 19.6. The Hall–Kier alpha value is -9.04. The first-order chi connectivity index (χ1) is 43.0. The third-order valence-electron chi connectivity index (χ3n) is 12.2. The van der Waals surface area contributed by atoms with Crippen molar-refractivity contribution in [3.63, 3.8) is 0 Å². The van der Waals surface area contributed by atoms with E-state index in [1.165, 1.54) is 12.1 Å². The van der Waals surface area contributed by atoms with Gasteiger partial charge in [-0.05, 0) is 120 Å². The summed E-state index contributed by atoms with van der Waals surface area (Å²) in [4.78, 5) is -5.02. The number of rotatable bonds is 24. The van der Waals surface area contributed by atoms with Gasteiger partial charge in [0.05, 0.1) is 77.8 Å². The number of azo groups is 4. The van der Waals surface area contributed by atoms with Gasteiger partial charge in [0.15, 0.2) is 31.2 Å². The van der Waals surface area contributed by atoms with E-state index in [-0.39, 0.29) is 34.1 Å². The van der Waals surface area contributed by atoms with Crippen LogP contribution in [0.2, 0.25) is 0 Å². The van der Waals surface area contributed by atoms with Crippen LogP contribution in [0.15, 0.2) is 192 Å². The van der Waals surface area contributed by atoms with Crippen LogP contribution in [0.3, 0.4) is 0 Å². The Labute approximate surface area is 524 Å². The second kappa shape index (κ2) is 26.2. The zero-order chi connectivity index (χ0) is 68.6. The molecule has 8 rings (SSSR count). The number of sulfone groups is 2. The molecule has 0 aliphatic heterocycles. The third kappa shape index (κ3) is 17.4. The average Bonchev–Trinajstić information content (AvgIpc) is 0.757. The lowest BCUT2D eigenvalue weighted by Crippen LogP contribution is -2.15. The Morgan fingerprint density at radius 3 is 0.978 bits per heavy atom. The Balaban J connectivity index is 1.06. The summed E-state index contributed by atoms with van der Waals surface area (Å²) in [5.74, 6) is -5.40. The van der Waals surface area contributed by atoms with Crippen molar-refractivity contribution in [3.05, 3.63) is 121 Å². The maximum atomic E-state index is 12.6. The van der Waals surface area contributed by atoms with E-state index in [4.69, 9.17) is 9.11 Å². The molecule has 37 nitrogen and oxygen atoms in total. The summed E-state index contributed by atoms with van der Waals surface area (Å²) in [7, 11) is -39.4. The number of hydrogen-bond acceptors (Lipinski definition) is 31. The van der Waals surface area contributed by atoms with Crippen LogP contribution in [-0.4, -0.2) is 140 Å². The van der Waals surface area contributed by atoms with Crippen LogP contribution in [0.4, 0.5) is 56.9 Å². The molecule has 11 N–H and O–H groups in total. The van der Waals surface area contributed by atoms with Crippen molar-refractivity contribution in [3.8, 4) is 23.0 Å². The van der Waals surface area contributed by atoms with Gasteiger partial charge in [-0.25, -0.2) is 25.2 Å². The molecular formula is C48H39N9O28S8. The van der Waals surface area contributed by atoms with Crippen molar-refractivity contribution in [1.29, 1.82) is 0 Å². The van der Waals surface area contributed by atoms with E-state index in [0.29, 0.717) is 36.4 Å². The minimum Gasteiger partial charge on any atom is -0.506 e. The zero-order valence-corrected chi connectivity index (χ0v) is 52.1. The smallest absolute Gasteiger partial charge is 0.397 e. The van der Waals surface area contributed by atoms with E-state index in [1.807, 2.05) is 0 Å². The number of hydrogen-bond donors (Lipinski definition) is 11. The van der Waals surface area contributed by atoms with Crippen LogP contribution < -0.4 is 5.32 Å². The van der Waals surface area contributed by atoms with Gasteiger partial charge in [-0.2, -0.15) is 60.7 Å². The molecule has 45 heteroatoms. The molecule has 0 unspecified atom stereocenters. The fraction of sp³-hybridized carbons (Fsp3) is 0.0833. The van der Waals surface area contributed by atoms with Gasteiger partial charge in [-0.1, -0.05) is 0 Å². The standard InChI is InChI=1S/C48H39N9O28S8/c58-39-21-29(5-11-35(39)52-54-37-23-33(88(66,67)68)17-25-19-41(90(72,73)74)45(47(60)43(25)37)56-50-27-1-7-31(8-2-27)86(62,63)15-13-84-92(78,79)80)49-30-6-12-36(40(59)22-30)53-55-38-24-34(89(69,70)71)18-26-20-42(91(75,76)77)46(48(61)44(26)38)57-51-28-3-9-32(10-4-28)87(64,65)16-14-85-93(81,82)83/h1-12,17-24,49,58-61H,13-16H2,(H,66,67,68)(H,69,70,71)(H,72,73,74)(H,75,76,77)(H,78,79,80)(H,81,82,83). The van der Waals surface area contributed by atoms with Crippen LogP contribution in [0.1, 0.15) is 0 Å². The summed E-state index contributed by atoms with van der Waals surface area (Å²) in [6.45, 7) is -1.90. The molecule has 0 atom stereocenters. The number of phenolic OH excluding ortho intramolecular Hbond substituents is 4. The minimum atomic E-state index is -5.37. The van der Waals surface area contributed by atoms with Crippen LogP contribution in [-0.2, 0) is 89.3 Å². The van der Waals surface area contributed by atoms with Crippen molar-refractivity contribution < 1.29 is 123 Å². The van der Waals surface area contributed by atoms with Gasteiger partial charge in [0.25, 0.3) is 40.5 Å². The van der Waals surface area contributed by atoms with Crippen molar-refractivity contribution in [2.75, 3.05) is 30.0 Å². The van der Waals surface area contributed by atoms with Gasteiger partial charge in [-0.15, -0.1) is 30.7 Å². The molecule has 8 aromatic carbocycles. The van der Waals surface area contributed by atoms with Crippen molar-refractivity contribution in [1.82, 2.24) is 0 Å². The molecule has 0 aliphatic rings. The first-order valence-corrected chi connectivity index (χ1v) is 36.3. The summed E-state index contributed by atoms with van der Waals surface area (Å²) in [6.07, 6.45) is 0. The first-order valence-electron chi connectivity index (χ1n) is 24.5. The van der Waals surface area contributed by atoms with Crippen molar-refractivity contribution in [2.24, 2.45) is 40.9 Å². The van der Waals surface area contributed by atoms with E-state index >= 15 is 0 Å². The van der Waals surface area contributed by atoms with Crippen LogP contribution in [0.25, 0.3) is 21.5 Å². The first kappa shape index (κ1) is 69.8. The second-order valence-corrected chi connectivity index (χ2v) is 30.6. The molecular weight excluding hydrogens is 1410 g/mol. The van der Waals surface area contributed by atoms with Gasteiger partial charge < -0.3 is 25.7 Å². The maximum Gasteiger partial charge on any atom is 0.397 e. The number of benzene rings is 8. The Morgan fingerprint density at radius 2 is 0.677 bits per heavy atom. The average molecular weight is 1450 g/mol. The van der Waals surface area contributed by atoms with Crippen LogP contribution >= 0.6 is 0 Å². The fourth-order valence-electron chi connectivity index (χ4n) is 8.06. The molecule has 8 aromatic rings. The number of anilines is 2. The van der Waals surface area contributed by atoms with Gasteiger partial charge in [-0.3, -0.25) is 27.3 Å². The monoisotopic (exact) mass is 1440 g/mol. The quantitative estimate of drug-likeness (QED) is 0.0200. The SMILES string of the molecule is O=S(=O)(O)OCCS(=O)(=O)c1ccc(N=Nc2c(S(=O)(=O)O)cc3cc(S(=O)(=O)O)cc(N=Nc4ccc(Nc5ccc(N=Nc6cc(S(=O)(=O)O)cc7cc(S(=O)(=O)O)c(N=Nc8ccc(S(=O)(=O)CCOS(=O)(=O)O)cc8)c(O)c67)c(O)c5)cc4O)c3c2O)cc1. The highest BCUT2D eigenvalue weighted by Gasteiger charge is 2.29. The highest BCUT2D eigenvalue weighted by atomic mass is 32.3. The normalized spacial score (nSPS) is 13.4. The van der Waals surface area contributed by atoms with E-state index in [0.717, 1.165) is 72.8 Å². The summed E-state index contributed by atoms with van der Waals surface area (Å²) in [5.41, 5.74) is -4.28. The van der Waals surface area contributed by atoms with Crippen LogP contribution in [0.5, 0.6) is 23.0 Å². The topological polar surface area (TPSA) is 605 Å². The molecule has 0 heterocycles. The van der Waals surface area contributed by atoms with Crippen LogP contribution in [0, 0.1) is 0 Å². The summed E-state index contributed by atoms with van der Waals surface area (Å²) in [5, 5.41) is 76.5. The number of nitrogens with zero attached hydrogens (tertiary/aromatic N) is 8. The highest BCUT2D eigenvalue weighted by molar-refractivity contribution is 7.92. The summed E-state index contributed by atoms with van der Waals surface area (Å²) in [6, 6.07) is 18.9. The predicted molar refractivity (Wildman–Crippen MR) is 319 cm³/mol. The molecule has 0 aliphatic carbocycles. The second-order valence-electron chi connectivity index (χ2n) is 18.6. The zero-order valence-electron chi connectivity index (χ0n) is 45.5. The third-order valence-corrected chi connectivity index (χ3v) is 19.9. The Bertz CT molecular complexity index is 5150. The predicted octanol–water partition coefficient (Wildman–Crippen LogP) is 8.39. The number of phenols is 4. The number of fused-ring (bicyclic) bond motifs is 2. The molecule has 492 valence electrons. The van der Waals surface area contributed by atoms with E-state index in [1.54, 1.807) is 0 Å². The van der Waals surface area contributed by atoms with E-state index < -0.39 is 202 Å². The summed E-state index contributed by atoms with van der Waals surface area (Å²) < 4.78 is 259. The fourth-order valence-corrected chi connectivity index (χ4v) is 13.4. The van der Waals surface area contributed by atoms with Crippen molar-refractivity contribution >= 4 is 159 Å². The Morgan fingerprint density at radius 1 is 0.344 bits per heavy atom. The lowest BCUT2D eigenvalue weighted by Gasteiger charge is -2.12. The number of nitrogens with one attached hydrogen (secondary N) is 1. The van der Waals surface area contributed by atoms with Gasteiger partial charge >= 0.3 is 20.8 Å². The molecule has 93 heavy (non-hydrogen) atoms. The van der Waals surface area contributed by atoms with E-state index in [2.05, 4.69) is 54.6 Å². The summed E-state index contributed by atoms with van der Waals surface area (Å²) >= 11 is 0. The minimum absolute atomic E-state index is 0.0687. The molecule has 0 bridgehead atoms. The molecule has 0 aromatic heterocycles. The van der Waals surface area contributed by atoms with Gasteiger partial charge in [0.1, 0.15) is 44.0 Å². The lowest BCUT2D eigenvalue weighted by molar-refractivity contribution is 0.282. The number of aromatic hydroxyl groups is 4. The van der Waals surface area contributed by atoms with Gasteiger partial charge in [0.2, 0.25) is 0 Å². The van der Waals surface area contributed by atoms with E-state index in [9.17, 15) is 106 Å². The molecule has 0 amide bonds. The highest BCUT2D eigenvalue weighted by Crippen LogP contribution is 2.49. The molecule has 0 spiro atoms. The van der Waals surface area contributed by atoms with Crippen molar-refractivity contribution in [2.45, 2.75) is 29.4 Å². The largest absolute Gasteiger partial charge is 0.506 e. The lowest BCUT2D eigenvalue weighted by atomic mass is 10.1. The molecule has 0 saturated carbocycles. The molecule has 0 saturated heterocycles.